The summed E-state index contributed by atoms with van der Waals surface area (Å²) in [5, 5.41) is 3.51. The molecule has 0 amide bonds. The fraction of sp³-hybridized carbons (Fsp3) is 0.250. The smallest absolute Gasteiger partial charge is 0.124 e. The maximum atomic E-state index is 13.2. The zero-order chi connectivity index (χ0) is 19.3. The fourth-order valence-electron chi connectivity index (χ4n) is 3.76. The Bertz CT molecular complexity index is 925. The largest absolute Gasteiger partial charge is 0.496 e. The van der Waals surface area contributed by atoms with E-state index in [-0.39, 0.29) is 11.9 Å². The maximum absolute atomic E-state index is 13.2. The predicted octanol–water partition coefficient (Wildman–Crippen LogP) is 4.90. The van der Waals surface area contributed by atoms with Gasteiger partial charge in [-0.2, -0.15) is 0 Å². The molecule has 0 fully saturated rings. The molecular formula is C24H24FNO2. The van der Waals surface area contributed by atoms with Crippen molar-refractivity contribution in [1.29, 1.82) is 0 Å². The first-order chi connectivity index (χ1) is 13.7. The van der Waals surface area contributed by atoms with Gasteiger partial charge >= 0.3 is 0 Å². The van der Waals surface area contributed by atoms with E-state index >= 15 is 0 Å². The molecule has 1 aliphatic heterocycles. The van der Waals surface area contributed by atoms with Crippen molar-refractivity contribution < 1.29 is 13.9 Å². The highest BCUT2D eigenvalue weighted by Crippen LogP contribution is 2.34. The van der Waals surface area contributed by atoms with Crippen LogP contribution in [0.1, 0.15) is 22.8 Å². The van der Waals surface area contributed by atoms with Gasteiger partial charge in [0.25, 0.3) is 0 Å². The standard InChI is InChI=1S/C24H24FNO2/c1-27-22-7-3-5-19-12-13-28-23(24(19)22)16-26-15-17-4-2-6-20(14-17)18-8-10-21(25)11-9-18/h2-11,14,23,26H,12-13,15-16H2,1H3. The lowest BCUT2D eigenvalue weighted by atomic mass is 9.96. The molecule has 28 heavy (non-hydrogen) atoms. The Balaban J connectivity index is 1.43. The highest BCUT2D eigenvalue weighted by molar-refractivity contribution is 5.64. The van der Waals surface area contributed by atoms with Crippen LogP contribution in [0.15, 0.2) is 66.7 Å². The molecule has 3 nitrogen and oxygen atoms in total. The number of halogens is 1. The van der Waals surface area contributed by atoms with Crippen molar-refractivity contribution in [2.45, 2.75) is 19.1 Å². The second kappa shape index (κ2) is 8.55. The molecular weight excluding hydrogens is 353 g/mol. The minimum atomic E-state index is -0.218. The normalized spacial score (nSPS) is 15.9. The Morgan fingerprint density at radius 2 is 1.86 bits per heavy atom. The number of ether oxygens (including phenoxy) is 2. The van der Waals surface area contributed by atoms with Gasteiger partial charge in [0.2, 0.25) is 0 Å². The van der Waals surface area contributed by atoms with E-state index in [1.165, 1.54) is 23.3 Å². The molecule has 0 bridgehead atoms. The zero-order valence-corrected chi connectivity index (χ0v) is 16.0. The topological polar surface area (TPSA) is 30.5 Å². The molecule has 1 aliphatic rings. The van der Waals surface area contributed by atoms with Crippen LogP contribution in [0.5, 0.6) is 5.75 Å². The van der Waals surface area contributed by atoms with E-state index in [1.54, 1.807) is 19.2 Å². The lowest BCUT2D eigenvalue weighted by Crippen LogP contribution is -2.27. The number of benzene rings is 3. The second-order valence-electron chi connectivity index (χ2n) is 6.98. The summed E-state index contributed by atoms with van der Waals surface area (Å²) in [5.74, 6) is 0.673. The average molecular weight is 377 g/mol. The van der Waals surface area contributed by atoms with E-state index in [0.717, 1.165) is 42.0 Å². The summed E-state index contributed by atoms with van der Waals surface area (Å²) >= 11 is 0. The van der Waals surface area contributed by atoms with E-state index in [1.807, 2.05) is 24.3 Å². The Morgan fingerprint density at radius 1 is 1.04 bits per heavy atom. The third-order valence-electron chi connectivity index (χ3n) is 5.15. The summed E-state index contributed by atoms with van der Waals surface area (Å²) in [4.78, 5) is 0. The second-order valence-corrected chi connectivity index (χ2v) is 6.98. The Hall–Kier alpha value is -2.69. The van der Waals surface area contributed by atoms with Crippen LogP contribution in [0.4, 0.5) is 4.39 Å². The van der Waals surface area contributed by atoms with Crippen LogP contribution in [0, 0.1) is 5.82 Å². The number of nitrogens with one attached hydrogen (secondary N) is 1. The summed E-state index contributed by atoms with van der Waals surface area (Å²) in [7, 11) is 1.70. The molecule has 1 unspecified atom stereocenters. The van der Waals surface area contributed by atoms with Gasteiger partial charge in [0.1, 0.15) is 11.6 Å². The highest BCUT2D eigenvalue weighted by atomic mass is 19.1. The third kappa shape index (κ3) is 4.08. The van der Waals surface area contributed by atoms with Crippen LogP contribution < -0.4 is 10.1 Å². The SMILES string of the molecule is COc1cccc2c1C(CNCc1cccc(-c3ccc(F)cc3)c1)OCC2. The van der Waals surface area contributed by atoms with Gasteiger partial charge in [0, 0.05) is 18.7 Å². The first-order valence-electron chi connectivity index (χ1n) is 9.57. The summed E-state index contributed by atoms with van der Waals surface area (Å²) in [5.41, 5.74) is 5.73. The summed E-state index contributed by atoms with van der Waals surface area (Å²) in [6.45, 7) is 2.18. The van der Waals surface area contributed by atoms with Crippen LogP contribution in [-0.4, -0.2) is 20.3 Å². The van der Waals surface area contributed by atoms with Crippen LogP contribution in [0.2, 0.25) is 0 Å². The Morgan fingerprint density at radius 3 is 2.68 bits per heavy atom. The monoisotopic (exact) mass is 377 g/mol. The van der Waals surface area contributed by atoms with E-state index in [4.69, 9.17) is 9.47 Å². The molecule has 144 valence electrons. The van der Waals surface area contributed by atoms with Crippen LogP contribution >= 0.6 is 0 Å². The Labute approximate surface area is 165 Å². The van der Waals surface area contributed by atoms with Crippen molar-refractivity contribution in [3.63, 3.8) is 0 Å². The summed E-state index contributed by atoms with van der Waals surface area (Å²) < 4.78 is 24.7. The van der Waals surface area contributed by atoms with Gasteiger partial charge in [-0.1, -0.05) is 42.5 Å². The van der Waals surface area contributed by atoms with E-state index in [9.17, 15) is 4.39 Å². The van der Waals surface area contributed by atoms with Crippen LogP contribution in [0.25, 0.3) is 11.1 Å². The van der Waals surface area contributed by atoms with Gasteiger partial charge in [-0.15, -0.1) is 0 Å². The molecule has 0 saturated heterocycles. The molecule has 3 aromatic rings. The molecule has 3 aromatic carbocycles. The van der Waals surface area contributed by atoms with Crippen LogP contribution in [0.3, 0.4) is 0 Å². The summed E-state index contributed by atoms with van der Waals surface area (Å²) in [6, 6.07) is 21.1. The molecule has 0 aliphatic carbocycles. The van der Waals surface area contributed by atoms with E-state index < -0.39 is 0 Å². The quantitative estimate of drug-likeness (QED) is 0.662. The molecule has 4 heteroatoms. The maximum Gasteiger partial charge on any atom is 0.124 e. The minimum Gasteiger partial charge on any atom is -0.496 e. The number of rotatable bonds is 6. The van der Waals surface area contributed by atoms with Crippen molar-refractivity contribution in [1.82, 2.24) is 5.32 Å². The Kier molecular flexibility index (Phi) is 5.70. The number of fused-ring (bicyclic) bond motifs is 1. The van der Waals surface area contributed by atoms with Gasteiger partial charge in [0.05, 0.1) is 19.8 Å². The van der Waals surface area contributed by atoms with Gasteiger partial charge in [-0.25, -0.2) is 4.39 Å². The predicted molar refractivity (Wildman–Crippen MR) is 109 cm³/mol. The molecule has 0 aromatic heterocycles. The first-order valence-corrected chi connectivity index (χ1v) is 9.57. The van der Waals surface area contributed by atoms with E-state index in [2.05, 4.69) is 23.5 Å². The van der Waals surface area contributed by atoms with Crippen molar-refractivity contribution in [3.8, 4) is 16.9 Å². The van der Waals surface area contributed by atoms with Crippen LogP contribution in [-0.2, 0) is 17.7 Å². The molecule has 0 spiro atoms. The van der Waals surface area contributed by atoms with Gasteiger partial charge in [-0.3, -0.25) is 0 Å². The molecule has 1 heterocycles. The van der Waals surface area contributed by atoms with Gasteiger partial charge < -0.3 is 14.8 Å². The lowest BCUT2D eigenvalue weighted by molar-refractivity contribution is 0.0404. The molecule has 0 saturated carbocycles. The fourth-order valence-corrected chi connectivity index (χ4v) is 3.76. The van der Waals surface area contributed by atoms with Crippen molar-refractivity contribution >= 4 is 0 Å². The van der Waals surface area contributed by atoms with Crippen molar-refractivity contribution in [3.05, 3.63) is 89.2 Å². The average Bonchev–Trinajstić information content (AvgIpc) is 2.74. The molecule has 0 radical (unpaired) electrons. The number of hydrogen-bond donors (Lipinski definition) is 1. The molecule has 1 N–H and O–H groups in total. The van der Waals surface area contributed by atoms with Crippen molar-refractivity contribution in [2.75, 3.05) is 20.3 Å². The highest BCUT2D eigenvalue weighted by Gasteiger charge is 2.24. The lowest BCUT2D eigenvalue weighted by Gasteiger charge is -2.28. The summed E-state index contributed by atoms with van der Waals surface area (Å²) in [6.07, 6.45) is 0.906. The van der Waals surface area contributed by atoms with Crippen molar-refractivity contribution in [2.24, 2.45) is 0 Å². The van der Waals surface area contributed by atoms with Gasteiger partial charge in [0.15, 0.2) is 0 Å². The number of hydrogen-bond acceptors (Lipinski definition) is 3. The number of methoxy groups -OCH3 is 1. The van der Waals surface area contributed by atoms with Gasteiger partial charge in [-0.05, 0) is 52.9 Å². The molecule has 1 atom stereocenters. The third-order valence-corrected chi connectivity index (χ3v) is 5.15. The zero-order valence-electron chi connectivity index (χ0n) is 16.0. The van der Waals surface area contributed by atoms with E-state index in [0.29, 0.717) is 6.54 Å². The first kappa shape index (κ1) is 18.7. The minimum absolute atomic E-state index is 0.0137. The molecule has 4 rings (SSSR count).